The van der Waals surface area contributed by atoms with Gasteiger partial charge in [-0.2, -0.15) is 0 Å². The smallest absolute Gasteiger partial charge is 0.137 e. The summed E-state index contributed by atoms with van der Waals surface area (Å²) in [4.78, 5) is 7.32. The van der Waals surface area contributed by atoms with Crippen molar-refractivity contribution in [1.82, 2.24) is 9.97 Å². The van der Waals surface area contributed by atoms with Crippen LogP contribution in [0, 0.1) is 5.82 Å². The van der Waals surface area contributed by atoms with Gasteiger partial charge in [-0.05, 0) is 41.0 Å². The molecule has 0 spiro atoms. The van der Waals surface area contributed by atoms with E-state index in [0.29, 0.717) is 27.0 Å². The zero-order chi connectivity index (χ0) is 18.2. The number of alkyl halides is 1. The SMILES string of the molecule is CC(C)(c1ccc(Cl)c(Cl)c1)c1cc(-c2ncc[nH]2)c(CCl)cc1F. The first-order valence-corrected chi connectivity index (χ1v) is 8.97. The van der Waals surface area contributed by atoms with Crippen molar-refractivity contribution >= 4 is 34.8 Å². The highest BCUT2D eigenvalue weighted by Gasteiger charge is 2.28. The van der Waals surface area contributed by atoms with Crippen LogP contribution in [0.15, 0.2) is 42.7 Å². The number of aromatic amines is 1. The molecule has 6 heteroatoms. The van der Waals surface area contributed by atoms with E-state index in [9.17, 15) is 4.39 Å². The van der Waals surface area contributed by atoms with Crippen LogP contribution in [0.2, 0.25) is 10.0 Å². The molecule has 2 aromatic carbocycles. The fourth-order valence-electron chi connectivity index (χ4n) is 2.88. The van der Waals surface area contributed by atoms with E-state index >= 15 is 0 Å². The maximum absolute atomic E-state index is 14.9. The molecule has 1 aromatic heterocycles. The first-order chi connectivity index (χ1) is 11.8. The second-order valence-corrected chi connectivity index (χ2v) is 7.40. The number of hydrogen-bond donors (Lipinski definition) is 1. The van der Waals surface area contributed by atoms with Crippen molar-refractivity contribution in [3.05, 3.63) is 75.3 Å². The lowest BCUT2D eigenvalue weighted by Crippen LogP contribution is -2.21. The third-order valence-electron chi connectivity index (χ3n) is 4.40. The molecule has 1 N–H and O–H groups in total. The van der Waals surface area contributed by atoms with Crippen molar-refractivity contribution in [2.45, 2.75) is 25.1 Å². The van der Waals surface area contributed by atoms with Gasteiger partial charge in [0.05, 0.1) is 10.0 Å². The molecular weight excluding hydrogens is 382 g/mol. The number of imidazole rings is 1. The lowest BCUT2D eigenvalue weighted by molar-refractivity contribution is 0.547. The fourth-order valence-corrected chi connectivity index (χ4v) is 3.40. The number of benzene rings is 2. The van der Waals surface area contributed by atoms with Crippen LogP contribution in [-0.2, 0) is 11.3 Å². The molecule has 1 heterocycles. The Hall–Kier alpha value is -1.55. The highest BCUT2D eigenvalue weighted by atomic mass is 35.5. The summed E-state index contributed by atoms with van der Waals surface area (Å²) in [5.41, 5.74) is 2.24. The van der Waals surface area contributed by atoms with Gasteiger partial charge < -0.3 is 4.98 Å². The van der Waals surface area contributed by atoms with Crippen LogP contribution in [0.5, 0.6) is 0 Å². The van der Waals surface area contributed by atoms with E-state index in [1.807, 2.05) is 19.9 Å². The Morgan fingerprint density at radius 1 is 1.12 bits per heavy atom. The van der Waals surface area contributed by atoms with E-state index in [4.69, 9.17) is 34.8 Å². The molecule has 0 atom stereocenters. The van der Waals surface area contributed by atoms with Crippen molar-refractivity contribution in [3.8, 4) is 11.4 Å². The average Bonchev–Trinajstić information content (AvgIpc) is 3.11. The predicted molar refractivity (Wildman–Crippen MR) is 102 cm³/mol. The highest BCUT2D eigenvalue weighted by molar-refractivity contribution is 6.42. The summed E-state index contributed by atoms with van der Waals surface area (Å²) in [6.07, 6.45) is 3.38. The predicted octanol–water partition coefficient (Wildman–Crippen LogP) is 6.59. The lowest BCUT2D eigenvalue weighted by Gasteiger charge is -2.28. The third-order valence-corrected chi connectivity index (χ3v) is 5.43. The highest BCUT2D eigenvalue weighted by Crippen LogP contribution is 2.38. The molecule has 0 amide bonds. The number of nitrogens with one attached hydrogen (secondary N) is 1. The van der Waals surface area contributed by atoms with Crippen LogP contribution in [-0.4, -0.2) is 9.97 Å². The molecule has 3 aromatic rings. The quantitative estimate of drug-likeness (QED) is 0.494. The molecule has 0 unspecified atom stereocenters. The number of H-pyrrole nitrogens is 1. The molecule has 3 rings (SSSR count). The standard InChI is InChI=1S/C19H16Cl3FN2/c1-19(2,12-3-4-15(21)16(22)8-12)14-9-13(18-24-5-6-25-18)11(10-20)7-17(14)23/h3-9H,10H2,1-2H3,(H,24,25). The molecule has 25 heavy (non-hydrogen) atoms. The van der Waals surface area contributed by atoms with Gasteiger partial charge in [0.2, 0.25) is 0 Å². The van der Waals surface area contributed by atoms with Crippen LogP contribution in [0.4, 0.5) is 4.39 Å². The summed E-state index contributed by atoms with van der Waals surface area (Å²) in [5.74, 6) is 0.532. The van der Waals surface area contributed by atoms with Gasteiger partial charge in [-0.1, -0.05) is 43.1 Å². The summed E-state index contributed by atoms with van der Waals surface area (Å²) in [6, 6.07) is 8.62. The minimum absolute atomic E-state index is 0.195. The molecule has 0 radical (unpaired) electrons. The zero-order valence-electron chi connectivity index (χ0n) is 13.7. The number of rotatable bonds is 4. The Balaban J connectivity index is 2.18. The van der Waals surface area contributed by atoms with E-state index in [2.05, 4.69) is 9.97 Å². The van der Waals surface area contributed by atoms with Crippen LogP contribution < -0.4 is 0 Å². The van der Waals surface area contributed by atoms with E-state index in [-0.39, 0.29) is 11.7 Å². The van der Waals surface area contributed by atoms with Crippen molar-refractivity contribution in [2.75, 3.05) is 0 Å². The number of hydrogen-bond acceptors (Lipinski definition) is 1. The summed E-state index contributed by atoms with van der Waals surface area (Å²) in [7, 11) is 0. The molecular formula is C19H16Cl3FN2. The molecule has 0 fully saturated rings. The maximum atomic E-state index is 14.9. The van der Waals surface area contributed by atoms with Crippen molar-refractivity contribution in [1.29, 1.82) is 0 Å². The van der Waals surface area contributed by atoms with Crippen LogP contribution in [0.25, 0.3) is 11.4 Å². The maximum Gasteiger partial charge on any atom is 0.137 e. The van der Waals surface area contributed by atoms with Crippen molar-refractivity contribution < 1.29 is 4.39 Å². The number of aromatic nitrogens is 2. The van der Waals surface area contributed by atoms with Gasteiger partial charge in [0, 0.05) is 29.3 Å². The first kappa shape index (κ1) is 18.2. The Morgan fingerprint density at radius 2 is 1.88 bits per heavy atom. The second kappa shape index (κ2) is 6.99. The molecule has 0 aliphatic carbocycles. The molecule has 0 saturated carbocycles. The van der Waals surface area contributed by atoms with Gasteiger partial charge in [0.1, 0.15) is 11.6 Å². The van der Waals surface area contributed by atoms with Gasteiger partial charge in [-0.3, -0.25) is 0 Å². The molecule has 2 nitrogen and oxygen atoms in total. The van der Waals surface area contributed by atoms with Gasteiger partial charge >= 0.3 is 0 Å². The minimum Gasteiger partial charge on any atom is -0.345 e. The average molecular weight is 398 g/mol. The van der Waals surface area contributed by atoms with Gasteiger partial charge in [0.15, 0.2) is 0 Å². The van der Waals surface area contributed by atoms with E-state index in [1.54, 1.807) is 30.6 Å². The third kappa shape index (κ3) is 3.41. The summed E-state index contributed by atoms with van der Waals surface area (Å²) in [5, 5.41) is 0.909. The zero-order valence-corrected chi connectivity index (χ0v) is 16.0. The number of halogens is 4. The molecule has 130 valence electrons. The molecule has 0 aliphatic heterocycles. The largest absolute Gasteiger partial charge is 0.345 e. The van der Waals surface area contributed by atoms with Crippen LogP contribution in [0.3, 0.4) is 0 Å². The summed E-state index contributed by atoms with van der Waals surface area (Å²) >= 11 is 18.2. The lowest BCUT2D eigenvalue weighted by atomic mass is 9.77. The van der Waals surface area contributed by atoms with Gasteiger partial charge in [-0.15, -0.1) is 11.6 Å². The Kier molecular flexibility index (Phi) is 5.10. The van der Waals surface area contributed by atoms with Gasteiger partial charge in [-0.25, -0.2) is 9.37 Å². The van der Waals surface area contributed by atoms with E-state index in [0.717, 1.165) is 11.1 Å². The monoisotopic (exact) mass is 396 g/mol. The molecule has 0 aliphatic rings. The first-order valence-electron chi connectivity index (χ1n) is 7.68. The van der Waals surface area contributed by atoms with Crippen LogP contribution >= 0.6 is 34.8 Å². The summed E-state index contributed by atoms with van der Waals surface area (Å²) < 4.78 is 14.9. The van der Waals surface area contributed by atoms with Crippen LogP contribution in [0.1, 0.15) is 30.5 Å². The van der Waals surface area contributed by atoms with E-state index < -0.39 is 5.41 Å². The Labute approximate surface area is 161 Å². The second-order valence-electron chi connectivity index (χ2n) is 6.31. The fraction of sp³-hybridized carbons (Fsp3) is 0.211. The van der Waals surface area contributed by atoms with E-state index in [1.165, 1.54) is 6.07 Å². The molecule has 0 bridgehead atoms. The van der Waals surface area contributed by atoms with Crippen molar-refractivity contribution in [3.63, 3.8) is 0 Å². The molecule has 0 saturated heterocycles. The minimum atomic E-state index is -0.621. The van der Waals surface area contributed by atoms with Crippen molar-refractivity contribution in [2.24, 2.45) is 0 Å². The Bertz CT molecular complexity index is 905. The summed E-state index contributed by atoms with van der Waals surface area (Å²) in [6.45, 7) is 3.88. The topological polar surface area (TPSA) is 28.7 Å². The van der Waals surface area contributed by atoms with Gasteiger partial charge in [0.25, 0.3) is 0 Å². The number of nitrogens with zero attached hydrogens (tertiary/aromatic N) is 1. The Morgan fingerprint density at radius 3 is 2.48 bits per heavy atom. The normalized spacial score (nSPS) is 11.8.